The van der Waals surface area contributed by atoms with Crippen molar-refractivity contribution in [3.8, 4) is 0 Å². The van der Waals surface area contributed by atoms with Crippen molar-refractivity contribution in [2.75, 3.05) is 0 Å². The van der Waals surface area contributed by atoms with E-state index in [1.54, 1.807) is 6.07 Å². The minimum atomic E-state index is -0.571. The van der Waals surface area contributed by atoms with Crippen molar-refractivity contribution in [1.29, 1.82) is 0 Å². The second kappa shape index (κ2) is 5.62. The highest BCUT2D eigenvalue weighted by molar-refractivity contribution is 9.10. The summed E-state index contributed by atoms with van der Waals surface area (Å²) in [4.78, 5) is 12.5. The second-order valence-corrected chi connectivity index (χ2v) is 6.30. The third-order valence-electron chi connectivity index (χ3n) is 3.93. The van der Waals surface area contributed by atoms with Gasteiger partial charge in [0.05, 0.1) is 12.1 Å². The molecule has 0 aliphatic heterocycles. The maximum absolute atomic E-state index is 12.5. The van der Waals surface area contributed by atoms with Gasteiger partial charge in [-0.3, -0.25) is 4.79 Å². The number of fused-ring (bicyclic) bond motifs is 1. The van der Waals surface area contributed by atoms with E-state index in [4.69, 9.17) is 0 Å². The van der Waals surface area contributed by atoms with Gasteiger partial charge in [0.15, 0.2) is 0 Å². The Balaban J connectivity index is 1.87. The molecular formula is C17H16BrNO2. The van der Waals surface area contributed by atoms with Crippen molar-refractivity contribution in [3.63, 3.8) is 0 Å². The van der Waals surface area contributed by atoms with Crippen LogP contribution in [-0.4, -0.2) is 17.1 Å². The third-order valence-corrected chi connectivity index (χ3v) is 4.43. The topological polar surface area (TPSA) is 49.3 Å². The monoisotopic (exact) mass is 345 g/mol. The number of carbonyl (C=O) groups excluding carboxylic acids is 1. The van der Waals surface area contributed by atoms with E-state index in [1.165, 1.54) is 0 Å². The van der Waals surface area contributed by atoms with Gasteiger partial charge >= 0.3 is 0 Å². The lowest BCUT2D eigenvalue weighted by Gasteiger charge is -2.18. The van der Waals surface area contributed by atoms with Crippen LogP contribution in [0, 0.1) is 6.92 Å². The first kappa shape index (κ1) is 14.3. The normalized spacial score (nSPS) is 20.1. The van der Waals surface area contributed by atoms with Crippen molar-refractivity contribution < 1.29 is 9.90 Å². The number of halogens is 1. The summed E-state index contributed by atoms with van der Waals surface area (Å²) in [6.45, 7) is 1.90. The van der Waals surface area contributed by atoms with Crippen LogP contribution in [0.5, 0.6) is 0 Å². The maximum atomic E-state index is 12.5. The Morgan fingerprint density at radius 1 is 1.29 bits per heavy atom. The Bertz CT molecular complexity index is 699. The Labute approximate surface area is 132 Å². The Kier molecular flexibility index (Phi) is 3.83. The van der Waals surface area contributed by atoms with E-state index in [-0.39, 0.29) is 11.9 Å². The highest BCUT2D eigenvalue weighted by atomic mass is 79.9. The first-order valence-corrected chi connectivity index (χ1v) is 7.68. The largest absolute Gasteiger partial charge is 0.390 e. The molecule has 1 aliphatic rings. The van der Waals surface area contributed by atoms with Gasteiger partial charge < -0.3 is 10.4 Å². The molecule has 0 bridgehead atoms. The number of aryl methyl sites for hydroxylation is 1. The fourth-order valence-corrected chi connectivity index (χ4v) is 3.17. The molecule has 2 aromatic rings. The van der Waals surface area contributed by atoms with E-state index in [9.17, 15) is 9.90 Å². The van der Waals surface area contributed by atoms with Crippen LogP contribution in [0.4, 0.5) is 0 Å². The van der Waals surface area contributed by atoms with Gasteiger partial charge in [-0.1, -0.05) is 46.3 Å². The van der Waals surface area contributed by atoms with E-state index < -0.39 is 6.10 Å². The molecule has 0 saturated carbocycles. The Hall–Kier alpha value is -1.65. The number of aliphatic hydroxyl groups is 1. The summed E-state index contributed by atoms with van der Waals surface area (Å²) in [5.74, 6) is -0.158. The molecule has 4 heteroatoms. The van der Waals surface area contributed by atoms with Crippen molar-refractivity contribution in [2.45, 2.75) is 25.5 Å². The summed E-state index contributed by atoms with van der Waals surface area (Å²) >= 11 is 3.39. The highest BCUT2D eigenvalue weighted by Gasteiger charge is 2.32. The molecule has 0 unspecified atom stereocenters. The lowest BCUT2D eigenvalue weighted by atomic mass is 10.1. The quantitative estimate of drug-likeness (QED) is 0.878. The first-order valence-electron chi connectivity index (χ1n) is 6.89. The summed E-state index contributed by atoms with van der Waals surface area (Å²) in [7, 11) is 0. The molecular weight excluding hydrogens is 330 g/mol. The van der Waals surface area contributed by atoms with Crippen LogP contribution in [0.25, 0.3) is 0 Å². The molecule has 0 aromatic heterocycles. The van der Waals surface area contributed by atoms with Crippen molar-refractivity contribution in [3.05, 3.63) is 69.2 Å². The highest BCUT2D eigenvalue weighted by Crippen LogP contribution is 2.31. The molecule has 0 radical (unpaired) electrons. The first-order chi connectivity index (χ1) is 10.1. The molecule has 3 nitrogen and oxygen atoms in total. The Morgan fingerprint density at radius 3 is 2.86 bits per heavy atom. The standard InChI is InChI=1S/C17H16BrNO2/c1-10-6-7-12(18)9-14(10)17(21)19-16-13-5-3-2-4-11(13)8-15(16)20/h2-7,9,15-16,20H,8H2,1H3,(H,19,21)/t15-,16+/m0/s1. The second-order valence-electron chi connectivity index (χ2n) is 5.38. The summed E-state index contributed by atoms with van der Waals surface area (Å²) in [6.07, 6.45) is 0.0114. The van der Waals surface area contributed by atoms with Crippen LogP contribution < -0.4 is 5.32 Å². The number of hydrogen-bond donors (Lipinski definition) is 2. The molecule has 108 valence electrons. The molecule has 2 atom stereocenters. The van der Waals surface area contributed by atoms with Gasteiger partial charge in [-0.15, -0.1) is 0 Å². The van der Waals surface area contributed by atoms with Crippen molar-refractivity contribution >= 4 is 21.8 Å². The van der Waals surface area contributed by atoms with Crippen LogP contribution in [0.3, 0.4) is 0 Å². The van der Waals surface area contributed by atoms with Crippen molar-refractivity contribution in [1.82, 2.24) is 5.32 Å². The van der Waals surface area contributed by atoms with Crippen LogP contribution in [-0.2, 0) is 6.42 Å². The number of amides is 1. The summed E-state index contributed by atoms with van der Waals surface area (Å²) in [5.41, 5.74) is 3.64. The van der Waals surface area contributed by atoms with Crippen LogP contribution in [0.15, 0.2) is 46.9 Å². The van der Waals surface area contributed by atoms with Gasteiger partial charge in [0, 0.05) is 16.5 Å². The van der Waals surface area contributed by atoms with Crippen LogP contribution >= 0.6 is 15.9 Å². The molecule has 1 amide bonds. The number of aliphatic hydroxyl groups excluding tert-OH is 1. The van der Waals surface area contributed by atoms with Crippen LogP contribution in [0.1, 0.15) is 33.1 Å². The number of nitrogens with one attached hydrogen (secondary N) is 1. The number of hydrogen-bond acceptors (Lipinski definition) is 2. The molecule has 2 aromatic carbocycles. The zero-order valence-corrected chi connectivity index (χ0v) is 13.2. The van der Waals surface area contributed by atoms with Gasteiger partial charge in [-0.2, -0.15) is 0 Å². The van der Waals surface area contributed by atoms with Gasteiger partial charge in [0.25, 0.3) is 5.91 Å². The van der Waals surface area contributed by atoms with Gasteiger partial charge in [0.1, 0.15) is 0 Å². The van der Waals surface area contributed by atoms with E-state index >= 15 is 0 Å². The zero-order valence-electron chi connectivity index (χ0n) is 11.6. The third kappa shape index (κ3) is 2.74. The molecule has 2 N–H and O–H groups in total. The lowest BCUT2D eigenvalue weighted by Crippen LogP contribution is -2.34. The van der Waals surface area contributed by atoms with Gasteiger partial charge in [-0.05, 0) is 35.7 Å². The fraction of sp³-hybridized carbons (Fsp3) is 0.235. The molecule has 1 aliphatic carbocycles. The zero-order chi connectivity index (χ0) is 15.0. The van der Waals surface area contributed by atoms with Crippen molar-refractivity contribution in [2.24, 2.45) is 0 Å². The predicted molar refractivity (Wildman–Crippen MR) is 85.2 cm³/mol. The summed E-state index contributed by atoms with van der Waals surface area (Å²) < 4.78 is 0.866. The van der Waals surface area contributed by atoms with Gasteiger partial charge in [0.2, 0.25) is 0 Å². The minimum Gasteiger partial charge on any atom is -0.390 e. The predicted octanol–water partition coefficient (Wildman–Crippen LogP) is 3.15. The molecule has 0 spiro atoms. The Morgan fingerprint density at radius 2 is 2.05 bits per heavy atom. The SMILES string of the molecule is Cc1ccc(Br)cc1C(=O)N[C@@H]1c2ccccc2C[C@@H]1O. The van der Waals surface area contributed by atoms with E-state index in [2.05, 4.69) is 21.2 Å². The van der Waals surface area contributed by atoms with E-state index in [0.717, 1.165) is 21.2 Å². The average Bonchev–Trinajstić information content (AvgIpc) is 2.78. The number of carbonyl (C=O) groups is 1. The molecule has 3 rings (SSSR count). The van der Waals surface area contributed by atoms with Gasteiger partial charge in [-0.25, -0.2) is 0 Å². The minimum absolute atomic E-state index is 0.158. The van der Waals surface area contributed by atoms with Crippen LogP contribution in [0.2, 0.25) is 0 Å². The molecule has 0 saturated heterocycles. The van der Waals surface area contributed by atoms with E-state index in [1.807, 2.05) is 43.3 Å². The fourth-order valence-electron chi connectivity index (χ4n) is 2.81. The lowest BCUT2D eigenvalue weighted by molar-refractivity contribution is 0.0857. The summed E-state index contributed by atoms with van der Waals surface area (Å²) in [6, 6.07) is 13.1. The average molecular weight is 346 g/mol. The summed E-state index contributed by atoms with van der Waals surface area (Å²) in [5, 5.41) is 13.2. The molecule has 0 fully saturated rings. The number of rotatable bonds is 2. The maximum Gasteiger partial charge on any atom is 0.252 e. The molecule has 0 heterocycles. The smallest absolute Gasteiger partial charge is 0.252 e. The molecule has 21 heavy (non-hydrogen) atoms. The number of benzene rings is 2. The van der Waals surface area contributed by atoms with E-state index in [0.29, 0.717) is 12.0 Å².